The molecule has 5 heteroatoms. The van der Waals surface area contributed by atoms with Crippen molar-refractivity contribution < 1.29 is 14.3 Å². The Balaban J connectivity index is 1.73. The fourth-order valence-electron chi connectivity index (χ4n) is 6.10. The summed E-state index contributed by atoms with van der Waals surface area (Å²) in [4.78, 5) is 34.2. The molecule has 2 fully saturated rings. The van der Waals surface area contributed by atoms with Gasteiger partial charge in [-0.25, -0.2) is 4.79 Å². The SMILES string of the molecule is CCN(CC)c1ccc([C@@H]2C(C(=O)OC3CCCCC3)=C(C)N=C3CC(C)(C)CC(=O)C32)cc1. The van der Waals surface area contributed by atoms with E-state index in [-0.39, 0.29) is 35.1 Å². The zero-order valence-electron chi connectivity index (χ0n) is 21.5. The highest BCUT2D eigenvalue weighted by atomic mass is 16.5. The van der Waals surface area contributed by atoms with Crippen LogP contribution in [0.2, 0.25) is 0 Å². The Morgan fingerprint density at radius 2 is 1.68 bits per heavy atom. The number of ether oxygens (including phenoxy) is 1. The van der Waals surface area contributed by atoms with Crippen molar-refractivity contribution in [1.82, 2.24) is 0 Å². The van der Waals surface area contributed by atoms with Crippen LogP contribution < -0.4 is 4.90 Å². The number of ketones is 1. The fourth-order valence-corrected chi connectivity index (χ4v) is 6.10. The highest BCUT2D eigenvalue weighted by molar-refractivity contribution is 6.12. The van der Waals surface area contributed by atoms with E-state index in [1.807, 2.05) is 6.92 Å². The summed E-state index contributed by atoms with van der Waals surface area (Å²) in [6, 6.07) is 8.42. The summed E-state index contributed by atoms with van der Waals surface area (Å²) in [5.74, 6) is -0.825. The van der Waals surface area contributed by atoms with Crippen LogP contribution in [0.1, 0.15) is 91.0 Å². The number of benzene rings is 1. The van der Waals surface area contributed by atoms with E-state index in [0.717, 1.165) is 62.2 Å². The summed E-state index contributed by atoms with van der Waals surface area (Å²) in [5, 5.41) is 0. The molecule has 0 aromatic heterocycles. The molecule has 1 aromatic rings. The van der Waals surface area contributed by atoms with Crippen molar-refractivity contribution in [2.75, 3.05) is 18.0 Å². The summed E-state index contributed by atoms with van der Waals surface area (Å²) < 4.78 is 6.02. The number of aliphatic imine (C=N–C) groups is 1. The first-order chi connectivity index (χ1) is 16.2. The van der Waals surface area contributed by atoms with Gasteiger partial charge in [0, 0.05) is 42.5 Å². The van der Waals surface area contributed by atoms with E-state index in [1.165, 1.54) is 6.42 Å². The standard InChI is InChI=1S/C29H40N2O3/c1-6-31(7-2)21-15-13-20(14-16-21)26-25(28(33)34-22-11-9-8-10-12-22)19(3)30-23-17-29(4,5)18-24(32)27(23)26/h13-16,22,26-27H,6-12,17-18H2,1-5H3/t26-,27?/m1/s1. The van der Waals surface area contributed by atoms with Crippen LogP contribution in [0.15, 0.2) is 40.5 Å². The van der Waals surface area contributed by atoms with Gasteiger partial charge in [-0.05, 0) is 76.0 Å². The molecule has 0 saturated heterocycles. The van der Waals surface area contributed by atoms with Crippen LogP contribution >= 0.6 is 0 Å². The Morgan fingerprint density at radius 3 is 2.29 bits per heavy atom. The summed E-state index contributed by atoms with van der Waals surface area (Å²) >= 11 is 0. The molecule has 3 aliphatic rings. The predicted molar refractivity (Wildman–Crippen MR) is 137 cm³/mol. The molecule has 1 aliphatic heterocycles. The minimum Gasteiger partial charge on any atom is -0.459 e. The molecule has 0 radical (unpaired) electrons. The third kappa shape index (κ3) is 4.99. The molecule has 0 bridgehead atoms. The summed E-state index contributed by atoms with van der Waals surface area (Å²) in [6.45, 7) is 12.3. The molecule has 184 valence electrons. The van der Waals surface area contributed by atoms with Crippen LogP contribution in [0, 0.1) is 11.3 Å². The second-order valence-electron chi connectivity index (χ2n) is 11.0. The van der Waals surface area contributed by atoms with Crippen LogP contribution in [0.4, 0.5) is 5.69 Å². The molecule has 0 amide bonds. The van der Waals surface area contributed by atoms with Crippen molar-refractivity contribution in [2.24, 2.45) is 16.3 Å². The van der Waals surface area contributed by atoms with Crippen LogP contribution in [-0.2, 0) is 14.3 Å². The maximum Gasteiger partial charge on any atom is 0.336 e. The third-order valence-electron chi connectivity index (χ3n) is 7.79. The number of carbonyl (C=O) groups excluding carboxylic acids is 2. The van der Waals surface area contributed by atoms with E-state index in [4.69, 9.17) is 9.73 Å². The maximum atomic E-state index is 13.6. The van der Waals surface area contributed by atoms with Gasteiger partial charge in [0.05, 0.1) is 11.5 Å². The zero-order valence-corrected chi connectivity index (χ0v) is 21.5. The van der Waals surface area contributed by atoms with E-state index in [0.29, 0.717) is 17.7 Å². The molecular weight excluding hydrogens is 424 g/mol. The maximum absolute atomic E-state index is 13.6. The number of Topliss-reactive ketones (excluding diaryl/α,β-unsaturated/α-hetero) is 1. The summed E-state index contributed by atoms with van der Waals surface area (Å²) in [6.07, 6.45) is 6.51. The molecule has 1 aromatic carbocycles. The third-order valence-corrected chi connectivity index (χ3v) is 7.79. The number of anilines is 1. The van der Waals surface area contributed by atoms with Crippen molar-refractivity contribution in [1.29, 1.82) is 0 Å². The molecule has 2 saturated carbocycles. The normalized spacial score (nSPS) is 25.0. The average molecular weight is 465 g/mol. The van der Waals surface area contributed by atoms with E-state index >= 15 is 0 Å². The molecule has 0 spiro atoms. The van der Waals surface area contributed by atoms with Gasteiger partial charge in [0.1, 0.15) is 11.9 Å². The number of fused-ring (bicyclic) bond motifs is 1. The first kappa shape index (κ1) is 24.7. The van der Waals surface area contributed by atoms with Gasteiger partial charge in [-0.2, -0.15) is 0 Å². The van der Waals surface area contributed by atoms with Gasteiger partial charge in [-0.1, -0.05) is 32.4 Å². The lowest BCUT2D eigenvalue weighted by Crippen LogP contribution is -2.44. The second kappa shape index (κ2) is 10.1. The van der Waals surface area contributed by atoms with Crippen LogP contribution in [-0.4, -0.2) is 36.7 Å². The van der Waals surface area contributed by atoms with Crippen LogP contribution in [0.25, 0.3) is 0 Å². The lowest BCUT2D eigenvalue weighted by atomic mass is 9.63. The average Bonchev–Trinajstić information content (AvgIpc) is 2.79. The minimum atomic E-state index is -0.384. The van der Waals surface area contributed by atoms with Crippen molar-refractivity contribution >= 4 is 23.2 Å². The molecule has 1 unspecified atom stereocenters. The number of hydrogen-bond donors (Lipinski definition) is 0. The minimum absolute atomic E-state index is 0.0291. The van der Waals surface area contributed by atoms with Gasteiger partial charge in [0.25, 0.3) is 0 Å². The van der Waals surface area contributed by atoms with Crippen molar-refractivity contribution in [3.63, 3.8) is 0 Å². The highest BCUT2D eigenvalue weighted by Crippen LogP contribution is 2.47. The molecule has 2 aliphatic carbocycles. The largest absolute Gasteiger partial charge is 0.459 e. The first-order valence-electron chi connectivity index (χ1n) is 13.1. The van der Waals surface area contributed by atoms with Gasteiger partial charge in [-0.15, -0.1) is 0 Å². The molecule has 34 heavy (non-hydrogen) atoms. The van der Waals surface area contributed by atoms with Gasteiger partial charge in [-0.3, -0.25) is 9.79 Å². The van der Waals surface area contributed by atoms with Gasteiger partial charge >= 0.3 is 5.97 Å². The quantitative estimate of drug-likeness (QED) is 0.469. The number of carbonyl (C=O) groups is 2. The molecule has 4 rings (SSSR count). The number of allylic oxidation sites excluding steroid dienone is 1. The second-order valence-corrected chi connectivity index (χ2v) is 11.0. The molecule has 0 N–H and O–H groups in total. The van der Waals surface area contributed by atoms with E-state index in [1.54, 1.807) is 0 Å². The Morgan fingerprint density at radius 1 is 1.03 bits per heavy atom. The summed E-state index contributed by atoms with van der Waals surface area (Å²) in [5.41, 5.74) is 4.24. The van der Waals surface area contributed by atoms with Gasteiger partial charge in [0.15, 0.2) is 0 Å². The van der Waals surface area contributed by atoms with Gasteiger partial charge in [0.2, 0.25) is 0 Å². The van der Waals surface area contributed by atoms with E-state index in [9.17, 15) is 9.59 Å². The Labute approximate surface area is 204 Å². The number of hydrogen-bond acceptors (Lipinski definition) is 5. The predicted octanol–water partition coefficient (Wildman–Crippen LogP) is 6.23. The lowest BCUT2D eigenvalue weighted by molar-refractivity contribution is -0.146. The molecule has 5 nitrogen and oxygen atoms in total. The number of nitrogens with zero attached hydrogens (tertiary/aromatic N) is 2. The topological polar surface area (TPSA) is 59.0 Å². The fraction of sp³-hybridized carbons (Fsp3) is 0.621. The number of esters is 1. The van der Waals surface area contributed by atoms with Crippen molar-refractivity contribution in [3.8, 4) is 0 Å². The van der Waals surface area contributed by atoms with E-state index < -0.39 is 0 Å². The van der Waals surface area contributed by atoms with E-state index in [2.05, 4.69) is 56.9 Å². The van der Waals surface area contributed by atoms with Crippen LogP contribution in [0.5, 0.6) is 0 Å². The van der Waals surface area contributed by atoms with Crippen LogP contribution in [0.3, 0.4) is 0 Å². The van der Waals surface area contributed by atoms with Crippen molar-refractivity contribution in [2.45, 2.75) is 91.6 Å². The number of rotatable bonds is 6. The Hall–Kier alpha value is -2.43. The molecule has 1 heterocycles. The monoisotopic (exact) mass is 464 g/mol. The van der Waals surface area contributed by atoms with Gasteiger partial charge < -0.3 is 9.64 Å². The van der Waals surface area contributed by atoms with Crippen molar-refractivity contribution in [3.05, 3.63) is 41.1 Å². The smallest absolute Gasteiger partial charge is 0.336 e. The first-order valence-corrected chi connectivity index (χ1v) is 13.1. The highest BCUT2D eigenvalue weighted by Gasteiger charge is 2.47. The molecule has 2 atom stereocenters. The Kier molecular flexibility index (Phi) is 7.30. The summed E-state index contributed by atoms with van der Waals surface area (Å²) in [7, 11) is 0. The lowest BCUT2D eigenvalue weighted by Gasteiger charge is -2.41. The zero-order chi connectivity index (χ0) is 24.5. The Bertz CT molecular complexity index is 979. The molecular formula is C29H40N2O3.